The van der Waals surface area contributed by atoms with Gasteiger partial charge >= 0.3 is 0 Å². The van der Waals surface area contributed by atoms with E-state index in [1.165, 1.54) is 7.11 Å². The molecule has 0 aliphatic rings. The second-order valence-electron chi connectivity index (χ2n) is 7.36. The Kier molecular flexibility index (Phi) is 7.70. The van der Waals surface area contributed by atoms with Crippen LogP contribution < -0.4 is 9.46 Å². The smallest absolute Gasteiger partial charge is 0.232 e. The third kappa shape index (κ3) is 5.98. The van der Waals surface area contributed by atoms with Gasteiger partial charge < -0.3 is 14.6 Å². The number of sulfonamides is 1. The van der Waals surface area contributed by atoms with Crippen LogP contribution in [0.15, 0.2) is 54.6 Å². The Balaban J connectivity index is 1.82. The monoisotopic (exact) mass is 454 g/mol. The van der Waals surface area contributed by atoms with Gasteiger partial charge in [0.05, 0.1) is 29.2 Å². The van der Waals surface area contributed by atoms with Crippen molar-refractivity contribution in [2.45, 2.75) is 25.9 Å². The highest BCUT2D eigenvalue weighted by molar-refractivity contribution is 7.92. The van der Waals surface area contributed by atoms with Crippen LogP contribution in [0.1, 0.15) is 36.1 Å². The van der Waals surface area contributed by atoms with E-state index in [2.05, 4.69) is 10.8 Å². The molecular weight excluding hydrogens is 428 g/mol. The number of anilines is 1. The highest BCUT2D eigenvalue weighted by atomic mass is 32.2. The number of nitriles is 1. The van der Waals surface area contributed by atoms with Crippen LogP contribution in [-0.2, 0) is 21.2 Å². The molecule has 0 heterocycles. The summed E-state index contributed by atoms with van der Waals surface area (Å²) < 4.78 is 37.2. The van der Waals surface area contributed by atoms with Crippen LogP contribution in [0.5, 0.6) is 5.75 Å². The fourth-order valence-electron chi connectivity index (χ4n) is 3.33. The lowest BCUT2D eigenvalue weighted by atomic mass is 9.97. The van der Waals surface area contributed by atoms with Crippen LogP contribution in [-0.4, -0.2) is 33.2 Å². The van der Waals surface area contributed by atoms with Gasteiger partial charge in [0.2, 0.25) is 10.0 Å². The molecule has 3 aromatic rings. The zero-order valence-electron chi connectivity index (χ0n) is 18.0. The molecule has 0 amide bonds. The molecule has 32 heavy (non-hydrogen) atoms. The van der Waals surface area contributed by atoms with E-state index >= 15 is 0 Å². The molecule has 168 valence electrons. The number of nitrogens with one attached hydrogen (secondary N) is 1. The third-order valence-corrected chi connectivity index (χ3v) is 6.42. The van der Waals surface area contributed by atoms with Crippen molar-refractivity contribution >= 4 is 26.5 Å². The molecule has 0 saturated heterocycles. The van der Waals surface area contributed by atoms with E-state index in [-0.39, 0.29) is 12.5 Å². The van der Waals surface area contributed by atoms with E-state index in [1.807, 2.05) is 24.3 Å². The summed E-state index contributed by atoms with van der Waals surface area (Å²) in [7, 11) is -1.93. The molecule has 0 spiro atoms. The Hall–Kier alpha value is -3.12. The molecule has 0 aromatic heterocycles. The van der Waals surface area contributed by atoms with E-state index in [0.29, 0.717) is 35.4 Å². The molecule has 3 aromatic carbocycles. The van der Waals surface area contributed by atoms with Crippen LogP contribution in [0.3, 0.4) is 0 Å². The van der Waals surface area contributed by atoms with Crippen molar-refractivity contribution in [1.82, 2.24) is 0 Å². The van der Waals surface area contributed by atoms with Crippen molar-refractivity contribution < 1.29 is 23.0 Å². The second-order valence-corrected chi connectivity index (χ2v) is 9.37. The number of rotatable bonds is 10. The SMILES string of the molecule is CCS(=O)(=O)Nc1ccc(OCOC)cc1CCC(O)c1ccc2ccc(C#N)cc2c1. The number of aliphatic hydroxyl groups excluding tert-OH is 1. The Labute approximate surface area is 188 Å². The molecule has 7 nitrogen and oxygen atoms in total. The summed E-state index contributed by atoms with van der Waals surface area (Å²) in [4.78, 5) is 0. The number of nitrogens with zero attached hydrogens (tertiary/aromatic N) is 1. The van der Waals surface area contributed by atoms with Gasteiger partial charge in [-0.25, -0.2) is 8.42 Å². The lowest BCUT2D eigenvalue weighted by Gasteiger charge is -2.16. The minimum atomic E-state index is -3.45. The summed E-state index contributed by atoms with van der Waals surface area (Å²) in [5.41, 5.74) is 2.46. The molecule has 0 bridgehead atoms. The van der Waals surface area contributed by atoms with Gasteiger partial charge in [-0.05, 0) is 78.1 Å². The first kappa shape index (κ1) is 23.5. The average molecular weight is 455 g/mol. The van der Waals surface area contributed by atoms with Crippen LogP contribution in [0.2, 0.25) is 0 Å². The van der Waals surface area contributed by atoms with Gasteiger partial charge in [0, 0.05) is 7.11 Å². The summed E-state index contributed by atoms with van der Waals surface area (Å²) in [6.45, 7) is 1.64. The summed E-state index contributed by atoms with van der Waals surface area (Å²) >= 11 is 0. The highest BCUT2D eigenvalue weighted by Gasteiger charge is 2.15. The van der Waals surface area contributed by atoms with Gasteiger partial charge in [-0.3, -0.25) is 4.72 Å². The van der Waals surface area contributed by atoms with Gasteiger partial charge in [0.25, 0.3) is 0 Å². The number of fused-ring (bicyclic) bond motifs is 1. The van der Waals surface area contributed by atoms with Crippen LogP contribution in [0.25, 0.3) is 10.8 Å². The third-order valence-electron chi connectivity index (χ3n) is 5.13. The summed E-state index contributed by atoms with van der Waals surface area (Å²) in [6.07, 6.45) is 0.0330. The Morgan fingerprint density at radius 1 is 1.09 bits per heavy atom. The number of benzene rings is 3. The Bertz CT molecular complexity index is 1230. The first-order valence-electron chi connectivity index (χ1n) is 10.2. The average Bonchev–Trinajstić information content (AvgIpc) is 2.81. The second kappa shape index (κ2) is 10.5. The molecule has 0 aliphatic heterocycles. The predicted molar refractivity (Wildman–Crippen MR) is 124 cm³/mol. The molecule has 0 saturated carbocycles. The Morgan fingerprint density at radius 2 is 1.88 bits per heavy atom. The maximum atomic E-state index is 12.1. The Morgan fingerprint density at radius 3 is 2.59 bits per heavy atom. The fourth-order valence-corrected chi connectivity index (χ4v) is 4.01. The molecule has 1 unspecified atom stereocenters. The van der Waals surface area contributed by atoms with E-state index in [0.717, 1.165) is 16.3 Å². The predicted octanol–water partition coefficient (Wildman–Crippen LogP) is 4.12. The number of ether oxygens (including phenoxy) is 2. The largest absolute Gasteiger partial charge is 0.468 e. The lowest BCUT2D eigenvalue weighted by molar-refractivity contribution is 0.0511. The molecule has 3 rings (SSSR count). The number of aliphatic hydroxyl groups is 1. The molecule has 2 N–H and O–H groups in total. The standard InChI is InChI=1S/C24H26N2O5S/c1-3-32(28,29)26-23-10-9-22(31-16-30-2)14-19(23)8-11-24(27)20-7-6-18-5-4-17(15-25)12-21(18)13-20/h4-7,9-10,12-14,24,26-27H,3,8,11,16H2,1-2H3. The maximum absolute atomic E-state index is 12.1. The first-order chi connectivity index (χ1) is 15.3. The molecule has 1 atom stereocenters. The highest BCUT2D eigenvalue weighted by Crippen LogP contribution is 2.29. The van der Waals surface area contributed by atoms with Gasteiger partial charge in [-0.2, -0.15) is 5.26 Å². The molecule has 0 fully saturated rings. The van der Waals surface area contributed by atoms with Crippen LogP contribution in [0.4, 0.5) is 5.69 Å². The van der Waals surface area contributed by atoms with Gasteiger partial charge in [0.15, 0.2) is 6.79 Å². The van der Waals surface area contributed by atoms with E-state index in [1.54, 1.807) is 37.3 Å². The molecule has 0 aliphatic carbocycles. The van der Waals surface area contributed by atoms with E-state index < -0.39 is 16.1 Å². The van der Waals surface area contributed by atoms with Gasteiger partial charge in [-0.15, -0.1) is 0 Å². The lowest BCUT2D eigenvalue weighted by Crippen LogP contribution is -2.16. The van der Waals surface area contributed by atoms with Crippen molar-refractivity contribution in [2.75, 3.05) is 24.4 Å². The van der Waals surface area contributed by atoms with Crippen molar-refractivity contribution in [3.8, 4) is 11.8 Å². The number of hydrogen-bond acceptors (Lipinski definition) is 6. The van der Waals surface area contributed by atoms with Gasteiger partial charge in [-0.1, -0.05) is 18.2 Å². The first-order valence-corrected chi connectivity index (χ1v) is 11.9. The van der Waals surface area contributed by atoms with Crippen LogP contribution >= 0.6 is 0 Å². The maximum Gasteiger partial charge on any atom is 0.232 e. The minimum absolute atomic E-state index is 0.0429. The number of methoxy groups -OCH3 is 1. The van der Waals surface area contributed by atoms with E-state index in [9.17, 15) is 13.5 Å². The zero-order valence-corrected chi connectivity index (χ0v) is 18.9. The number of aryl methyl sites for hydroxylation is 1. The quantitative estimate of drug-likeness (QED) is 0.446. The van der Waals surface area contributed by atoms with Crippen molar-refractivity contribution in [1.29, 1.82) is 5.26 Å². The normalized spacial score (nSPS) is 12.3. The minimum Gasteiger partial charge on any atom is -0.468 e. The zero-order chi connectivity index (χ0) is 23.1. The molecule has 8 heteroatoms. The van der Waals surface area contributed by atoms with Crippen LogP contribution in [0, 0.1) is 11.3 Å². The van der Waals surface area contributed by atoms with Crippen molar-refractivity contribution in [3.05, 3.63) is 71.3 Å². The molecule has 0 radical (unpaired) electrons. The van der Waals surface area contributed by atoms with Gasteiger partial charge in [0.1, 0.15) is 5.75 Å². The van der Waals surface area contributed by atoms with E-state index in [4.69, 9.17) is 14.7 Å². The van der Waals surface area contributed by atoms with Crippen molar-refractivity contribution in [3.63, 3.8) is 0 Å². The summed E-state index contributed by atoms with van der Waals surface area (Å²) in [5, 5.41) is 21.8. The molecular formula is C24H26N2O5S. The van der Waals surface area contributed by atoms with Crippen molar-refractivity contribution in [2.24, 2.45) is 0 Å². The fraction of sp³-hybridized carbons (Fsp3) is 0.292. The topological polar surface area (TPSA) is 109 Å². The number of hydrogen-bond donors (Lipinski definition) is 2. The summed E-state index contributed by atoms with van der Waals surface area (Å²) in [6, 6.07) is 18.3. The summed E-state index contributed by atoms with van der Waals surface area (Å²) in [5.74, 6) is 0.504.